The maximum absolute atomic E-state index is 12.8. The molecule has 3 rings (SSSR count). The van der Waals surface area contributed by atoms with E-state index < -0.39 is 6.04 Å². The molecule has 1 heterocycles. The van der Waals surface area contributed by atoms with Crippen molar-refractivity contribution in [2.24, 2.45) is 0 Å². The fourth-order valence-corrected chi connectivity index (χ4v) is 3.18. The number of hydrogen-bond donors (Lipinski definition) is 2. The van der Waals surface area contributed by atoms with Crippen molar-refractivity contribution in [3.63, 3.8) is 0 Å². The number of amides is 3. The van der Waals surface area contributed by atoms with Gasteiger partial charge in [0, 0.05) is 25.2 Å². The quantitative estimate of drug-likeness (QED) is 0.881. The summed E-state index contributed by atoms with van der Waals surface area (Å²) in [6.07, 6.45) is 1.31. The summed E-state index contributed by atoms with van der Waals surface area (Å²) in [5, 5.41) is 5.78. The number of fused-ring (bicyclic) bond motifs is 1. The molecular weight excluding hydrogens is 314 g/mol. The van der Waals surface area contributed by atoms with Gasteiger partial charge in [-0.3, -0.25) is 9.69 Å². The maximum Gasteiger partial charge on any atom is 0.322 e. The van der Waals surface area contributed by atoms with E-state index in [0.29, 0.717) is 19.5 Å². The molecule has 3 amide bonds. The Kier molecular flexibility index (Phi) is 5.33. The summed E-state index contributed by atoms with van der Waals surface area (Å²) in [4.78, 5) is 26.7. The molecule has 1 aliphatic rings. The van der Waals surface area contributed by atoms with Gasteiger partial charge in [-0.15, -0.1) is 0 Å². The number of nitrogens with zero attached hydrogens (tertiary/aromatic N) is 1. The Balaban J connectivity index is 1.70. The number of benzene rings is 2. The number of carbonyl (C=O) groups excluding carboxylic acids is 2. The molecule has 1 unspecified atom stereocenters. The lowest BCUT2D eigenvalue weighted by atomic mass is 10.1. The smallest absolute Gasteiger partial charge is 0.322 e. The van der Waals surface area contributed by atoms with Crippen LogP contribution in [0.5, 0.6) is 0 Å². The molecule has 0 fully saturated rings. The summed E-state index contributed by atoms with van der Waals surface area (Å²) >= 11 is 0. The van der Waals surface area contributed by atoms with Crippen LogP contribution in [0.25, 0.3) is 0 Å². The molecule has 0 saturated heterocycles. The number of rotatable bonds is 5. The number of anilines is 1. The summed E-state index contributed by atoms with van der Waals surface area (Å²) < 4.78 is 0. The lowest BCUT2D eigenvalue weighted by Crippen LogP contribution is -2.51. The summed E-state index contributed by atoms with van der Waals surface area (Å²) in [6, 6.07) is 17.0. The lowest BCUT2D eigenvalue weighted by Gasteiger charge is -2.25. The molecule has 2 aromatic rings. The molecule has 0 radical (unpaired) electrons. The number of para-hydroxylation sites is 1. The van der Waals surface area contributed by atoms with Crippen molar-refractivity contribution in [1.29, 1.82) is 0 Å². The van der Waals surface area contributed by atoms with Crippen molar-refractivity contribution < 1.29 is 9.59 Å². The van der Waals surface area contributed by atoms with Crippen molar-refractivity contribution in [2.45, 2.75) is 25.8 Å². The van der Waals surface area contributed by atoms with Crippen molar-refractivity contribution in [3.05, 3.63) is 65.7 Å². The molecule has 5 nitrogen and oxygen atoms in total. The summed E-state index contributed by atoms with van der Waals surface area (Å²) in [6.45, 7) is 2.96. The Hall–Kier alpha value is -2.82. The van der Waals surface area contributed by atoms with Gasteiger partial charge in [0.1, 0.15) is 6.04 Å². The van der Waals surface area contributed by atoms with Crippen LogP contribution in [0.2, 0.25) is 0 Å². The minimum absolute atomic E-state index is 0.114. The number of nitrogens with one attached hydrogen (secondary N) is 2. The fraction of sp³-hybridized carbons (Fsp3) is 0.300. The van der Waals surface area contributed by atoms with Crippen LogP contribution in [0.15, 0.2) is 54.6 Å². The fourth-order valence-electron chi connectivity index (χ4n) is 3.18. The first-order valence-corrected chi connectivity index (χ1v) is 8.67. The minimum atomic E-state index is -0.492. The average molecular weight is 337 g/mol. The van der Waals surface area contributed by atoms with Crippen molar-refractivity contribution in [1.82, 2.24) is 10.6 Å². The van der Waals surface area contributed by atoms with E-state index >= 15 is 0 Å². The highest BCUT2D eigenvalue weighted by Gasteiger charge is 2.37. The SMILES string of the molecule is CCNC(=O)C1Cc2ccccc2N1C(=O)NCCc1ccccc1. The van der Waals surface area contributed by atoms with Gasteiger partial charge in [-0.05, 0) is 30.5 Å². The second kappa shape index (κ2) is 7.83. The van der Waals surface area contributed by atoms with E-state index in [1.54, 1.807) is 4.90 Å². The molecule has 130 valence electrons. The third-order valence-corrected chi connectivity index (χ3v) is 4.38. The topological polar surface area (TPSA) is 61.4 Å². The van der Waals surface area contributed by atoms with Crippen LogP contribution < -0.4 is 15.5 Å². The van der Waals surface area contributed by atoms with Crippen LogP contribution in [0.3, 0.4) is 0 Å². The van der Waals surface area contributed by atoms with E-state index in [1.807, 2.05) is 61.5 Å². The van der Waals surface area contributed by atoms with Gasteiger partial charge in [-0.1, -0.05) is 48.5 Å². The third-order valence-electron chi connectivity index (χ3n) is 4.38. The molecule has 2 aromatic carbocycles. The van der Waals surface area contributed by atoms with E-state index in [2.05, 4.69) is 10.6 Å². The predicted octanol–water partition coefficient (Wildman–Crippen LogP) is 2.51. The number of urea groups is 1. The molecule has 25 heavy (non-hydrogen) atoms. The second-order valence-electron chi connectivity index (χ2n) is 6.08. The number of carbonyl (C=O) groups is 2. The number of hydrogen-bond acceptors (Lipinski definition) is 2. The third kappa shape index (κ3) is 3.82. The van der Waals surface area contributed by atoms with E-state index in [4.69, 9.17) is 0 Å². The van der Waals surface area contributed by atoms with E-state index in [9.17, 15) is 9.59 Å². The molecule has 1 atom stereocenters. The number of likely N-dealkylation sites (N-methyl/N-ethyl adjacent to an activating group) is 1. The first-order chi connectivity index (χ1) is 12.2. The first-order valence-electron chi connectivity index (χ1n) is 8.67. The Bertz CT molecular complexity index is 746. The zero-order chi connectivity index (χ0) is 17.6. The predicted molar refractivity (Wildman–Crippen MR) is 98.6 cm³/mol. The molecule has 0 aromatic heterocycles. The summed E-state index contributed by atoms with van der Waals surface area (Å²) in [5.41, 5.74) is 3.01. The maximum atomic E-state index is 12.8. The molecule has 0 bridgehead atoms. The normalized spacial score (nSPS) is 15.6. The zero-order valence-electron chi connectivity index (χ0n) is 14.4. The summed E-state index contributed by atoms with van der Waals surface area (Å²) in [5.74, 6) is -0.114. The largest absolute Gasteiger partial charge is 0.355 e. The molecule has 1 aliphatic heterocycles. The van der Waals surface area contributed by atoms with Gasteiger partial charge in [0.05, 0.1) is 0 Å². The van der Waals surface area contributed by atoms with Crippen LogP contribution in [-0.4, -0.2) is 31.1 Å². The van der Waals surface area contributed by atoms with Crippen LogP contribution in [0.4, 0.5) is 10.5 Å². The van der Waals surface area contributed by atoms with E-state index in [0.717, 1.165) is 17.7 Å². The molecule has 5 heteroatoms. The van der Waals surface area contributed by atoms with Crippen molar-refractivity contribution >= 4 is 17.6 Å². The van der Waals surface area contributed by atoms with Gasteiger partial charge >= 0.3 is 6.03 Å². The monoisotopic (exact) mass is 337 g/mol. The standard InChI is InChI=1S/C20H23N3O2/c1-2-21-19(24)18-14-16-10-6-7-11-17(16)23(18)20(25)22-13-12-15-8-4-3-5-9-15/h3-11,18H,2,12-14H2,1H3,(H,21,24)(H,22,25). The van der Waals surface area contributed by atoms with Gasteiger partial charge in [-0.2, -0.15) is 0 Å². The highest BCUT2D eigenvalue weighted by molar-refractivity contribution is 6.02. The Labute approximate surface area is 148 Å². The highest BCUT2D eigenvalue weighted by Crippen LogP contribution is 2.32. The Morgan fingerprint density at radius 2 is 1.76 bits per heavy atom. The van der Waals surface area contributed by atoms with Gasteiger partial charge in [0.2, 0.25) is 5.91 Å². The molecule has 0 spiro atoms. The van der Waals surface area contributed by atoms with E-state index in [1.165, 1.54) is 5.56 Å². The first kappa shape index (κ1) is 17.0. The zero-order valence-corrected chi connectivity index (χ0v) is 14.4. The van der Waals surface area contributed by atoms with Crippen LogP contribution >= 0.6 is 0 Å². The highest BCUT2D eigenvalue weighted by atomic mass is 16.2. The van der Waals surface area contributed by atoms with Crippen LogP contribution in [0.1, 0.15) is 18.1 Å². The second-order valence-corrected chi connectivity index (χ2v) is 6.08. The summed E-state index contributed by atoms with van der Waals surface area (Å²) in [7, 11) is 0. The van der Waals surface area contributed by atoms with Gasteiger partial charge in [0.25, 0.3) is 0 Å². The lowest BCUT2D eigenvalue weighted by molar-refractivity contribution is -0.122. The minimum Gasteiger partial charge on any atom is -0.355 e. The van der Waals surface area contributed by atoms with Crippen LogP contribution in [0, 0.1) is 0 Å². The Morgan fingerprint density at radius 3 is 2.52 bits per heavy atom. The van der Waals surface area contributed by atoms with Gasteiger partial charge < -0.3 is 10.6 Å². The average Bonchev–Trinajstić information content (AvgIpc) is 3.02. The molecule has 0 aliphatic carbocycles. The van der Waals surface area contributed by atoms with Crippen molar-refractivity contribution in [2.75, 3.05) is 18.0 Å². The van der Waals surface area contributed by atoms with Gasteiger partial charge in [0.15, 0.2) is 0 Å². The van der Waals surface area contributed by atoms with E-state index in [-0.39, 0.29) is 11.9 Å². The van der Waals surface area contributed by atoms with Gasteiger partial charge in [-0.25, -0.2) is 4.79 Å². The molecular formula is C20H23N3O2. The van der Waals surface area contributed by atoms with Crippen LogP contribution in [-0.2, 0) is 17.6 Å². The molecule has 0 saturated carbocycles. The van der Waals surface area contributed by atoms with Crippen molar-refractivity contribution in [3.8, 4) is 0 Å². The Morgan fingerprint density at radius 1 is 1.04 bits per heavy atom. The molecule has 2 N–H and O–H groups in total.